The molecule has 1 aliphatic rings. The van der Waals surface area contributed by atoms with Crippen molar-refractivity contribution in [3.63, 3.8) is 0 Å². The molecule has 1 aliphatic heterocycles. The number of nitrogens with one attached hydrogen (secondary N) is 2. The Bertz CT molecular complexity index is 826. The number of aliphatic imine (C=N–C) groups is 1. The number of likely N-dealkylation sites (N-methyl/N-ethyl adjacent to an activating group) is 1. The monoisotopic (exact) mass is 437 g/mol. The highest BCUT2D eigenvalue weighted by atomic mass is 16.5. The van der Waals surface area contributed by atoms with Crippen LogP contribution in [-0.4, -0.2) is 69.7 Å². The fraction of sp³-hybridized carbons (Fsp3) is 0.500. The fourth-order valence-corrected chi connectivity index (χ4v) is 3.94. The molecule has 2 aromatic carbocycles. The molecule has 0 aromatic heterocycles. The van der Waals surface area contributed by atoms with E-state index in [0.29, 0.717) is 5.92 Å². The van der Waals surface area contributed by atoms with E-state index in [2.05, 4.69) is 75.8 Å². The average molecular weight is 438 g/mol. The molecule has 0 aliphatic carbocycles. The van der Waals surface area contributed by atoms with Crippen molar-refractivity contribution in [3.05, 3.63) is 65.2 Å². The SMILES string of the molecule is CN=C(NCCC(C)c1ccc(OC)cc1)NCc1ccc(CN2CCN(C)CC2)cc1. The summed E-state index contributed by atoms with van der Waals surface area (Å²) in [5, 5.41) is 6.86. The molecule has 0 saturated carbocycles. The summed E-state index contributed by atoms with van der Waals surface area (Å²) in [4.78, 5) is 9.29. The summed E-state index contributed by atoms with van der Waals surface area (Å²) in [6.45, 7) is 9.55. The third kappa shape index (κ3) is 7.53. The highest BCUT2D eigenvalue weighted by molar-refractivity contribution is 5.79. The summed E-state index contributed by atoms with van der Waals surface area (Å²) in [6.07, 6.45) is 1.04. The summed E-state index contributed by atoms with van der Waals surface area (Å²) in [5.41, 5.74) is 3.97. The van der Waals surface area contributed by atoms with E-state index in [4.69, 9.17) is 4.74 Å². The minimum Gasteiger partial charge on any atom is -0.497 e. The van der Waals surface area contributed by atoms with Gasteiger partial charge in [0.2, 0.25) is 0 Å². The van der Waals surface area contributed by atoms with E-state index in [-0.39, 0.29) is 0 Å². The maximum Gasteiger partial charge on any atom is 0.191 e. The minimum absolute atomic E-state index is 0.472. The topological polar surface area (TPSA) is 52.1 Å². The van der Waals surface area contributed by atoms with Gasteiger partial charge < -0.3 is 20.3 Å². The quantitative estimate of drug-likeness (QED) is 0.466. The number of hydrogen-bond donors (Lipinski definition) is 2. The Morgan fingerprint density at radius 1 is 0.969 bits per heavy atom. The van der Waals surface area contributed by atoms with Crippen molar-refractivity contribution in [1.82, 2.24) is 20.4 Å². The van der Waals surface area contributed by atoms with Crippen molar-refractivity contribution in [2.75, 3.05) is 53.9 Å². The zero-order valence-corrected chi connectivity index (χ0v) is 20.1. The van der Waals surface area contributed by atoms with Gasteiger partial charge in [0.1, 0.15) is 5.75 Å². The van der Waals surface area contributed by atoms with Gasteiger partial charge in [0.05, 0.1) is 7.11 Å². The van der Waals surface area contributed by atoms with Crippen molar-refractivity contribution < 1.29 is 4.74 Å². The lowest BCUT2D eigenvalue weighted by Gasteiger charge is -2.32. The van der Waals surface area contributed by atoms with Crippen molar-refractivity contribution in [1.29, 1.82) is 0 Å². The smallest absolute Gasteiger partial charge is 0.191 e. The molecule has 1 fully saturated rings. The highest BCUT2D eigenvalue weighted by Gasteiger charge is 2.13. The molecular weight excluding hydrogens is 398 g/mol. The standard InChI is InChI=1S/C26H39N5O/c1-21(24-9-11-25(32-4)12-10-24)13-14-28-26(27-2)29-19-22-5-7-23(8-6-22)20-31-17-15-30(3)16-18-31/h5-12,21H,13-20H2,1-4H3,(H2,27,28,29). The lowest BCUT2D eigenvalue weighted by atomic mass is 9.98. The van der Waals surface area contributed by atoms with Gasteiger partial charge in [0.25, 0.3) is 0 Å². The molecule has 1 saturated heterocycles. The van der Waals surface area contributed by atoms with Gasteiger partial charge in [-0.05, 0) is 48.2 Å². The summed E-state index contributed by atoms with van der Waals surface area (Å²) in [5.74, 6) is 2.21. The molecule has 0 bridgehead atoms. The number of ether oxygens (including phenoxy) is 1. The van der Waals surface area contributed by atoms with Gasteiger partial charge in [-0.25, -0.2) is 0 Å². The predicted molar refractivity (Wildman–Crippen MR) is 133 cm³/mol. The number of guanidine groups is 1. The Kier molecular flexibility index (Phi) is 9.38. The number of hydrogen-bond acceptors (Lipinski definition) is 4. The van der Waals surface area contributed by atoms with Crippen LogP contribution >= 0.6 is 0 Å². The fourth-order valence-electron chi connectivity index (χ4n) is 3.94. The molecule has 6 nitrogen and oxygen atoms in total. The molecule has 3 rings (SSSR count). The first-order chi connectivity index (χ1) is 15.6. The third-order valence-electron chi connectivity index (χ3n) is 6.26. The number of methoxy groups -OCH3 is 1. The Labute approximate surface area is 193 Å². The van der Waals surface area contributed by atoms with E-state index in [1.54, 1.807) is 7.11 Å². The van der Waals surface area contributed by atoms with E-state index >= 15 is 0 Å². The Balaban J connectivity index is 1.38. The molecule has 174 valence electrons. The van der Waals surface area contributed by atoms with Gasteiger partial charge >= 0.3 is 0 Å². The molecule has 0 spiro atoms. The number of nitrogens with zero attached hydrogens (tertiary/aromatic N) is 3. The Morgan fingerprint density at radius 3 is 2.25 bits per heavy atom. The Morgan fingerprint density at radius 2 is 1.62 bits per heavy atom. The van der Waals surface area contributed by atoms with Gasteiger partial charge in [0.15, 0.2) is 5.96 Å². The maximum absolute atomic E-state index is 5.24. The third-order valence-corrected chi connectivity index (χ3v) is 6.26. The summed E-state index contributed by atoms with van der Waals surface area (Å²) in [6, 6.07) is 17.3. The van der Waals surface area contributed by atoms with Crippen LogP contribution in [0.3, 0.4) is 0 Å². The molecular formula is C26H39N5O. The normalized spacial score (nSPS) is 16.6. The van der Waals surface area contributed by atoms with Crippen LogP contribution in [0.1, 0.15) is 36.0 Å². The lowest BCUT2D eigenvalue weighted by Crippen LogP contribution is -2.43. The average Bonchev–Trinajstić information content (AvgIpc) is 2.83. The van der Waals surface area contributed by atoms with Gasteiger partial charge in [-0.2, -0.15) is 0 Å². The lowest BCUT2D eigenvalue weighted by molar-refractivity contribution is 0.148. The zero-order chi connectivity index (χ0) is 22.8. The van der Waals surface area contributed by atoms with Crippen molar-refractivity contribution in [2.45, 2.75) is 32.4 Å². The van der Waals surface area contributed by atoms with Gasteiger partial charge in [0, 0.05) is 52.9 Å². The van der Waals surface area contributed by atoms with Crippen LogP contribution in [0.4, 0.5) is 0 Å². The molecule has 2 N–H and O–H groups in total. The van der Waals surface area contributed by atoms with Crippen molar-refractivity contribution in [3.8, 4) is 5.75 Å². The molecule has 1 atom stereocenters. The van der Waals surface area contributed by atoms with Crippen LogP contribution in [0.5, 0.6) is 5.75 Å². The van der Waals surface area contributed by atoms with Gasteiger partial charge in [-0.3, -0.25) is 9.89 Å². The van der Waals surface area contributed by atoms with Crippen LogP contribution in [0, 0.1) is 0 Å². The van der Waals surface area contributed by atoms with E-state index < -0.39 is 0 Å². The summed E-state index contributed by atoms with van der Waals surface area (Å²) >= 11 is 0. The second-order valence-corrected chi connectivity index (χ2v) is 8.71. The largest absolute Gasteiger partial charge is 0.497 e. The van der Waals surface area contributed by atoms with E-state index in [9.17, 15) is 0 Å². The van der Waals surface area contributed by atoms with Gasteiger partial charge in [-0.1, -0.05) is 43.3 Å². The van der Waals surface area contributed by atoms with Crippen molar-refractivity contribution in [2.24, 2.45) is 4.99 Å². The molecule has 0 radical (unpaired) electrons. The molecule has 1 heterocycles. The van der Waals surface area contributed by atoms with Crippen LogP contribution in [0.2, 0.25) is 0 Å². The molecule has 2 aromatic rings. The molecule has 1 unspecified atom stereocenters. The maximum atomic E-state index is 5.24. The molecule has 32 heavy (non-hydrogen) atoms. The number of rotatable bonds is 9. The number of piperazine rings is 1. The van der Waals surface area contributed by atoms with E-state index in [0.717, 1.165) is 63.9 Å². The second-order valence-electron chi connectivity index (χ2n) is 8.71. The molecule has 0 amide bonds. The molecule has 6 heteroatoms. The first kappa shape index (κ1) is 24.1. The van der Waals surface area contributed by atoms with Crippen LogP contribution in [0.15, 0.2) is 53.5 Å². The first-order valence-corrected chi connectivity index (χ1v) is 11.6. The Hall–Kier alpha value is -2.57. The van der Waals surface area contributed by atoms with Crippen LogP contribution in [-0.2, 0) is 13.1 Å². The summed E-state index contributed by atoms with van der Waals surface area (Å²) < 4.78 is 5.24. The van der Waals surface area contributed by atoms with Crippen LogP contribution < -0.4 is 15.4 Å². The van der Waals surface area contributed by atoms with E-state index in [1.165, 1.54) is 16.7 Å². The first-order valence-electron chi connectivity index (χ1n) is 11.6. The van der Waals surface area contributed by atoms with Crippen molar-refractivity contribution >= 4 is 5.96 Å². The van der Waals surface area contributed by atoms with Gasteiger partial charge in [-0.15, -0.1) is 0 Å². The highest BCUT2D eigenvalue weighted by Crippen LogP contribution is 2.21. The predicted octanol–water partition coefficient (Wildman–Crippen LogP) is 3.30. The van der Waals surface area contributed by atoms with Crippen LogP contribution in [0.25, 0.3) is 0 Å². The minimum atomic E-state index is 0.472. The summed E-state index contributed by atoms with van der Waals surface area (Å²) in [7, 11) is 5.72. The number of benzene rings is 2. The van der Waals surface area contributed by atoms with E-state index in [1.807, 2.05) is 19.2 Å². The second kappa shape index (κ2) is 12.5. The zero-order valence-electron chi connectivity index (χ0n) is 20.1.